The molecule has 0 fully saturated rings. The van der Waals surface area contributed by atoms with Crippen LogP contribution >= 0.6 is 0 Å². The third-order valence-electron chi connectivity index (χ3n) is 10.4. The fourth-order valence-electron chi connectivity index (χ4n) is 7.96. The highest BCUT2D eigenvalue weighted by Gasteiger charge is 2.19. The molecule has 2 aromatic heterocycles. The maximum Gasteiger partial charge on any atom is 0.135 e. The fraction of sp³-hybridized carbons (Fsp3) is 0.0204. The van der Waals surface area contributed by atoms with Crippen molar-refractivity contribution < 1.29 is 4.74 Å². The van der Waals surface area contributed by atoms with Gasteiger partial charge in [0.2, 0.25) is 0 Å². The smallest absolute Gasteiger partial charge is 0.135 e. The minimum absolute atomic E-state index is 0.395. The van der Waals surface area contributed by atoms with E-state index in [0.29, 0.717) is 6.61 Å². The molecule has 1 aliphatic heterocycles. The van der Waals surface area contributed by atoms with Crippen molar-refractivity contribution in [2.75, 3.05) is 6.61 Å². The van der Waals surface area contributed by atoms with Crippen molar-refractivity contribution in [2.45, 2.75) is 0 Å². The predicted molar refractivity (Wildman–Crippen MR) is 219 cm³/mol. The molecule has 0 unspecified atom stereocenters. The van der Waals surface area contributed by atoms with E-state index in [1.54, 1.807) is 0 Å². The number of fused-ring (bicyclic) bond motifs is 7. The van der Waals surface area contributed by atoms with Crippen molar-refractivity contribution in [3.8, 4) is 33.7 Å². The lowest BCUT2D eigenvalue weighted by Gasteiger charge is -2.18. The summed E-state index contributed by atoms with van der Waals surface area (Å²) in [6.07, 6.45) is 6.34. The molecule has 0 aliphatic carbocycles. The fourth-order valence-corrected chi connectivity index (χ4v) is 7.96. The molecule has 52 heavy (non-hydrogen) atoms. The van der Waals surface area contributed by atoms with E-state index in [1.165, 1.54) is 43.7 Å². The SMILES string of the molecule is C=C1/C=C\C=C(\n2c3ccccc3c3cc(-c4ccc5c(c4)c4ccccc4n5-c4ccccc4)ccc32)COc2c1cccc2-c1ccccc1. The summed E-state index contributed by atoms with van der Waals surface area (Å²) in [4.78, 5) is 0. The maximum atomic E-state index is 6.81. The van der Waals surface area contributed by atoms with E-state index in [2.05, 4.69) is 192 Å². The first-order chi connectivity index (χ1) is 25.7. The molecule has 3 nitrogen and oxygen atoms in total. The topological polar surface area (TPSA) is 19.1 Å². The third-order valence-corrected chi connectivity index (χ3v) is 10.4. The summed E-state index contributed by atoms with van der Waals surface area (Å²) in [6, 6.07) is 58.5. The molecule has 0 radical (unpaired) electrons. The molecule has 9 aromatic rings. The summed E-state index contributed by atoms with van der Waals surface area (Å²) in [5.41, 5.74) is 13.4. The number of benzene rings is 7. The highest BCUT2D eigenvalue weighted by atomic mass is 16.5. The van der Waals surface area contributed by atoms with E-state index in [-0.39, 0.29) is 0 Å². The second-order valence-corrected chi connectivity index (χ2v) is 13.4. The molecular formula is C49H34N2O. The second kappa shape index (κ2) is 12.2. The van der Waals surface area contributed by atoms with E-state index in [4.69, 9.17) is 4.74 Å². The number of aromatic nitrogens is 2. The van der Waals surface area contributed by atoms with Gasteiger partial charge >= 0.3 is 0 Å². The Bertz CT molecular complexity index is 2900. The Labute approximate surface area is 302 Å². The van der Waals surface area contributed by atoms with Crippen molar-refractivity contribution in [3.05, 3.63) is 194 Å². The molecule has 0 N–H and O–H groups in total. The van der Waals surface area contributed by atoms with Crippen LogP contribution in [0.4, 0.5) is 0 Å². The summed E-state index contributed by atoms with van der Waals surface area (Å²) in [6.45, 7) is 4.80. The van der Waals surface area contributed by atoms with Gasteiger partial charge in [0.1, 0.15) is 12.4 Å². The van der Waals surface area contributed by atoms with Gasteiger partial charge in [-0.1, -0.05) is 134 Å². The van der Waals surface area contributed by atoms with Gasteiger partial charge in [0.25, 0.3) is 0 Å². The van der Waals surface area contributed by atoms with E-state index >= 15 is 0 Å². The summed E-state index contributed by atoms with van der Waals surface area (Å²) in [5.74, 6) is 0.850. The molecule has 0 bridgehead atoms. The van der Waals surface area contributed by atoms with Gasteiger partial charge < -0.3 is 13.9 Å². The Morgan fingerprint density at radius 3 is 1.71 bits per heavy atom. The lowest BCUT2D eigenvalue weighted by molar-refractivity contribution is 0.365. The normalized spacial score (nSPS) is 14.8. The van der Waals surface area contributed by atoms with Gasteiger partial charge in [-0.3, -0.25) is 0 Å². The highest BCUT2D eigenvalue weighted by molar-refractivity contribution is 6.13. The first-order valence-electron chi connectivity index (χ1n) is 17.7. The molecule has 3 heterocycles. The average molecular weight is 667 g/mol. The zero-order valence-electron chi connectivity index (χ0n) is 28.5. The molecule has 10 rings (SSSR count). The van der Waals surface area contributed by atoms with Crippen LogP contribution in [0.1, 0.15) is 5.56 Å². The zero-order chi connectivity index (χ0) is 34.6. The summed E-state index contributed by atoms with van der Waals surface area (Å²) < 4.78 is 11.5. The number of nitrogens with zero attached hydrogens (tertiary/aromatic N) is 2. The Morgan fingerprint density at radius 1 is 0.462 bits per heavy atom. The van der Waals surface area contributed by atoms with Gasteiger partial charge in [-0.2, -0.15) is 0 Å². The van der Waals surface area contributed by atoms with Crippen LogP contribution in [0.5, 0.6) is 5.75 Å². The van der Waals surface area contributed by atoms with Gasteiger partial charge in [0, 0.05) is 38.4 Å². The van der Waals surface area contributed by atoms with Crippen LogP contribution in [0.15, 0.2) is 189 Å². The third kappa shape index (κ3) is 4.82. The molecule has 0 spiro atoms. The predicted octanol–water partition coefficient (Wildman–Crippen LogP) is 12.7. The molecule has 0 amide bonds. The minimum atomic E-state index is 0.395. The van der Waals surface area contributed by atoms with Crippen LogP contribution in [0, 0.1) is 0 Å². The van der Waals surface area contributed by atoms with Crippen LogP contribution in [-0.4, -0.2) is 15.7 Å². The van der Waals surface area contributed by atoms with Crippen LogP contribution in [-0.2, 0) is 0 Å². The Kier molecular flexibility index (Phi) is 7.04. The lowest BCUT2D eigenvalue weighted by atomic mass is 9.97. The number of para-hydroxylation sites is 4. The maximum absolute atomic E-state index is 6.81. The second-order valence-electron chi connectivity index (χ2n) is 13.4. The van der Waals surface area contributed by atoms with Gasteiger partial charge in [-0.15, -0.1) is 0 Å². The number of hydrogen-bond acceptors (Lipinski definition) is 1. The zero-order valence-corrected chi connectivity index (χ0v) is 28.5. The molecule has 1 aliphatic rings. The van der Waals surface area contributed by atoms with Crippen LogP contribution in [0.25, 0.3) is 82.8 Å². The van der Waals surface area contributed by atoms with Crippen molar-refractivity contribution in [1.29, 1.82) is 0 Å². The number of hydrogen-bond donors (Lipinski definition) is 0. The van der Waals surface area contributed by atoms with Gasteiger partial charge in [-0.05, 0) is 76.9 Å². The Hall–Kier alpha value is -6.84. The number of allylic oxidation sites excluding steroid dienone is 4. The lowest BCUT2D eigenvalue weighted by Crippen LogP contribution is -2.08. The largest absolute Gasteiger partial charge is 0.486 e. The monoisotopic (exact) mass is 666 g/mol. The molecule has 246 valence electrons. The average Bonchev–Trinajstić information content (AvgIpc) is 3.73. The molecule has 3 heteroatoms. The van der Waals surface area contributed by atoms with Gasteiger partial charge in [-0.25, -0.2) is 0 Å². The number of ether oxygens (including phenoxy) is 1. The van der Waals surface area contributed by atoms with Crippen LogP contribution in [0.3, 0.4) is 0 Å². The summed E-state index contributed by atoms with van der Waals surface area (Å²) >= 11 is 0. The molecule has 0 saturated carbocycles. The standard InChI is InChI=1S/C49H34N2O/c1-33-14-12-19-38(32-52-49-39(33)22-13-23-40(49)34-15-4-2-5-16-34)51-46-25-11-9-21-42(46)44-31-36(27-29-48(44)51)35-26-28-47-43(30-35)41-20-8-10-24-45(41)50(47)37-17-6-3-7-18-37/h2-31H,1,32H2/b14-12-,38-19+. The summed E-state index contributed by atoms with van der Waals surface area (Å²) in [7, 11) is 0. The van der Waals surface area contributed by atoms with E-state index in [0.717, 1.165) is 50.4 Å². The Balaban J connectivity index is 1.10. The van der Waals surface area contributed by atoms with Crippen molar-refractivity contribution in [2.24, 2.45) is 0 Å². The van der Waals surface area contributed by atoms with Crippen LogP contribution < -0.4 is 4.74 Å². The van der Waals surface area contributed by atoms with Gasteiger partial charge in [0.15, 0.2) is 0 Å². The highest BCUT2D eigenvalue weighted by Crippen LogP contribution is 2.41. The first-order valence-corrected chi connectivity index (χ1v) is 17.7. The summed E-state index contributed by atoms with van der Waals surface area (Å²) in [5, 5.41) is 4.91. The van der Waals surface area contributed by atoms with E-state index in [1.807, 2.05) is 6.07 Å². The quantitative estimate of drug-likeness (QED) is 0.183. The van der Waals surface area contributed by atoms with E-state index < -0.39 is 0 Å². The van der Waals surface area contributed by atoms with Crippen molar-refractivity contribution in [3.63, 3.8) is 0 Å². The van der Waals surface area contributed by atoms with E-state index in [9.17, 15) is 0 Å². The van der Waals surface area contributed by atoms with Gasteiger partial charge in [0.05, 0.1) is 27.8 Å². The van der Waals surface area contributed by atoms with Crippen molar-refractivity contribution in [1.82, 2.24) is 9.13 Å². The minimum Gasteiger partial charge on any atom is -0.486 e. The van der Waals surface area contributed by atoms with Crippen molar-refractivity contribution >= 4 is 54.9 Å². The Morgan fingerprint density at radius 2 is 1.02 bits per heavy atom. The molecule has 0 atom stereocenters. The first kappa shape index (κ1) is 30.0. The molecule has 7 aromatic carbocycles. The van der Waals surface area contributed by atoms with Crippen LogP contribution in [0.2, 0.25) is 0 Å². The number of rotatable bonds is 4. The molecular weight excluding hydrogens is 633 g/mol. The molecule has 0 saturated heterocycles.